The van der Waals surface area contributed by atoms with Gasteiger partial charge in [-0.25, -0.2) is 0 Å². The van der Waals surface area contributed by atoms with Crippen molar-refractivity contribution in [2.75, 3.05) is 6.54 Å². The van der Waals surface area contributed by atoms with Gasteiger partial charge in [-0.3, -0.25) is 4.79 Å². The van der Waals surface area contributed by atoms with Crippen LogP contribution in [0.2, 0.25) is 0 Å². The first-order chi connectivity index (χ1) is 8.75. The van der Waals surface area contributed by atoms with E-state index in [4.69, 9.17) is 0 Å². The summed E-state index contributed by atoms with van der Waals surface area (Å²) in [5, 5.41) is 6.57. The Bertz CT molecular complexity index is 255. The average Bonchev–Trinajstić information content (AvgIpc) is 2.91. The van der Waals surface area contributed by atoms with Crippen molar-refractivity contribution in [3.05, 3.63) is 0 Å². The van der Waals surface area contributed by atoms with Gasteiger partial charge in [0.1, 0.15) is 0 Å². The molecule has 0 heterocycles. The molecule has 2 aliphatic carbocycles. The Morgan fingerprint density at radius 3 is 2.33 bits per heavy atom. The van der Waals surface area contributed by atoms with Crippen LogP contribution < -0.4 is 10.6 Å². The highest BCUT2D eigenvalue weighted by atomic mass is 16.1. The lowest BCUT2D eigenvalue weighted by molar-refractivity contribution is -0.121. The lowest BCUT2D eigenvalue weighted by atomic mass is 9.95. The molecule has 1 atom stereocenters. The number of nitrogens with one attached hydrogen (secondary N) is 2. The van der Waals surface area contributed by atoms with E-state index in [-0.39, 0.29) is 5.91 Å². The first kappa shape index (κ1) is 13.9. The SMILES string of the molecule is CC(NCC(=O)NC1CCCCC1)C1CCCC1. The van der Waals surface area contributed by atoms with Crippen molar-refractivity contribution in [2.45, 2.75) is 76.8 Å². The Labute approximate surface area is 111 Å². The molecule has 2 rings (SSSR count). The molecule has 104 valence electrons. The maximum atomic E-state index is 11.9. The molecule has 2 fully saturated rings. The predicted octanol–water partition coefficient (Wildman–Crippen LogP) is 2.60. The van der Waals surface area contributed by atoms with Gasteiger partial charge >= 0.3 is 0 Å². The van der Waals surface area contributed by atoms with Gasteiger partial charge in [0.2, 0.25) is 5.91 Å². The van der Waals surface area contributed by atoms with Crippen molar-refractivity contribution < 1.29 is 4.79 Å². The van der Waals surface area contributed by atoms with Crippen LogP contribution in [0.1, 0.15) is 64.7 Å². The third-order valence-corrected chi connectivity index (χ3v) is 4.66. The quantitative estimate of drug-likeness (QED) is 0.789. The van der Waals surface area contributed by atoms with Crippen molar-refractivity contribution in [3.63, 3.8) is 0 Å². The van der Waals surface area contributed by atoms with E-state index in [1.54, 1.807) is 0 Å². The fourth-order valence-electron chi connectivity index (χ4n) is 3.40. The Hall–Kier alpha value is -0.570. The van der Waals surface area contributed by atoms with Gasteiger partial charge < -0.3 is 10.6 Å². The summed E-state index contributed by atoms with van der Waals surface area (Å²) in [6, 6.07) is 0.930. The normalized spacial score (nSPS) is 24.1. The zero-order valence-electron chi connectivity index (χ0n) is 11.7. The van der Waals surface area contributed by atoms with Gasteiger partial charge in [-0.15, -0.1) is 0 Å². The highest BCUT2D eigenvalue weighted by molar-refractivity contribution is 5.78. The summed E-state index contributed by atoms with van der Waals surface area (Å²) in [4.78, 5) is 11.9. The molecule has 0 aliphatic heterocycles. The summed E-state index contributed by atoms with van der Waals surface area (Å²) >= 11 is 0. The molecule has 2 aliphatic rings. The molecule has 0 aromatic rings. The first-order valence-corrected chi connectivity index (χ1v) is 7.78. The molecule has 1 amide bonds. The topological polar surface area (TPSA) is 41.1 Å². The Kier molecular flexibility index (Phi) is 5.48. The van der Waals surface area contributed by atoms with Gasteiger partial charge in [0.25, 0.3) is 0 Å². The molecule has 18 heavy (non-hydrogen) atoms. The lowest BCUT2D eigenvalue weighted by Crippen LogP contribution is -2.44. The van der Waals surface area contributed by atoms with Crippen LogP contribution in [0.5, 0.6) is 0 Å². The first-order valence-electron chi connectivity index (χ1n) is 7.78. The molecule has 0 saturated heterocycles. The summed E-state index contributed by atoms with van der Waals surface area (Å²) in [6.45, 7) is 2.72. The minimum atomic E-state index is 0.187. The van der Waals surface area contributed by atoms with Crippen molar-refractivity contribution in [2.24, 2.45) is 5.92 Å². The van der Waals surface area contributed by atoms with E-state index in [1.807, 2.05) is 0 Å². The molecule has 0 aromatic carbocycles. The van der Waals surface area contributed by atoms with Crippen molar-refractivity contribution >= 4 is 5.91 Å². The maximum Gasteiger partial charge on any atom is 0.234 e. The van der Waals surface area contributed by atoms with Crippen LogP contribution in [0.15, 0.2) is 0 Å². The minimum Gasteiger partial charge on any atom is -0.352 e. The molecule has 2 N–H and O–H groups in total. The minimum absolute atomic E-state index is 0.187. The molecule has 0 radical (unpaired) electrons. The van der Waals surface area contributed by atoms with Gasteiger partial charge in [0, 0.05) is 12.1 Å². The van der Waals surface area contributed by atoms with Crippen LogP contribution in [-0.2, 0) is 4.79 Å². The number of hydrogen-bond donors (Lipinski definition) is 2. The molecule has 0 bridgehead atoms. The molecular formula is C15H28N2O. The van der Waals surface area contributed by atoms with E-state index in [0.29, 0.717) is 18.6 Å². The van der Waals surface area contributed by atoms with E-state index < -0.39 is 0 Å². The highest BCUT2D eigenvalue weighted by Crippen LogP contribution is 2.27. The lowest BCUT2D eigenvalue weighted by Gasteiger charge is -2.24. The third kappa shape index (κ3) is 4.27. The number of amides is 1. The Balaban J connectivity index is 1.61. The van der Waals surface area contributed by atoms with E-state index in [1.165, 1.54) is 57.8 Å². The maximum absolute atomic E-state index is 11.9. The molecule has 3 heteroatoms. The number of rotatable bonds is 5. The van der Waals surface area contributed by atoms with E-state index in [0.717, 1.165) is 5.92 Å². The summed E-state index contributed by atoms with van der Waals surface area (Å²) < 4.78 is 0. The van der Waals surface area contributed by atoms with Crippen molar-refractivity contribution in [1.29, 1.82) is 0 Å². The van der Waals surface area contributed by atoms with Crippen LogP contribution in [-0.4, -0.2) is 24.5 Å². The second-order valence-electron chi connectivity index (χ2n) is 6.12. The zero-order valence-corrected chi connectivity index (χ0v) is 11.7. The van der Waals surface area contributed by atoms with Gasteiger partial charge in [-0.05, 0) is 38.5 Å². The molecule has 0 spiro atoms. The summed E-state index contributed by atoms with van der Waals surface area (Å²) in [6.07, 6.45) is 11.6. The van der Waals surface area contributed by atoms with Gasteiger partial charge in [-0.1, -0.05) is 32.1 Å². The van der Waals surface area contributed by atoms with Crippen molar-refractivity contribution in [1.82, 2.24) is 10.6 Å². The third-order valence-electron chi connectivity index (χ3n) is 4.66. The standard InChI is InChI=1S/C15H28N2O/c1-12(13-7-5-6-8-13)16-11-15(18)17-14-9-3-2-4-10-14/h12-14,16H,2-11H2,1H3,(H,17,18). The summed E-state index contributed by atoms with van der Waals surface area (Å²) in [5.74, 6) is 0.972. The van der Waals surface area contributed by atoms with E-state index >= 15 is 0 Å². The molecule has 1 unspecified atom stereocenters. The summed E-state index contributed by atoms with van der Waals surface area (Å²) in [5.41, 5.74) is 0. The highest BCUT2D eigenvalue weighted by Gasteiger charge is 2.22. The Morgan fingerprint density at radius 1 is 1.06 bits per heavy atom. The van der Waals surface area contributed by atoms with Gasteiger partial charge in [0.15, 0.2) is 0 Å². The zero-order chi connectivity index (χ0) is 12.8. The number of hydrogen-bond acceptors (Lipinski definition) is 2. The van der Waals surface area contributed by atoms with Crippen molar-refractivity contribution in [3.8, 4) is 0 Å². The second-order valence-corrected chi connectivity index (χ2v) is 6.12. The second kappa shape index (κ2) is 7.13. The average molecular weight is 252 g/mol. The largest absolute Gasteiger partial charge is 0.352 e. The van der Waals surface area contributed by atoms with Crippen LogP contribution in [0.3, 0.4) is 0 Å². The Morgan fingerprint density at radius 2 is 1.67 bits per heavy atom. The summed E-state index contributed by atoms with van der Waals surface area (Å²) in [7, 11) is 0. The predicted molar refractivity (Wildman–Crippen MR) is 74.4 cm³/mol. The van der Waals surface area contributed by atoms with Gasteiger partial charge in [-0.2, -0.15) is 0 Å². The monoisotopic (exact) mass is 252 g/mol. The van der Waals surface area contributed by atoms with Crippen LogP contribution in [0.25, 0.3) is 0 Å². The van der Waals surface area contributed by atoms with E-state index in [2.05, 4.69) is 17.6 Å². The van der Waals surface area contributed by atoms with Gasteiger partial charge in [0.05, 0.1) is 6.54 Å². The van der Waals surface area contributed by atoms with Crippen LogP contribution in [0.4, 0.5) is 0 Å². The fraction of sp³-hybridized carbons (Fsp3) is 0.933. The number of carbonyl (C=O) groups excluding carboxylic acids is 1. The van der Waals surface area contributed by atoms with Crippen LogP contribution >= 0.6 is 0 Å². The fourth-order valence-corrected chi connectivity index (χ4v) is 3.40. The molecular weight excluding hydrogens is 224 g/mol. The smallest absolute Gasteiger partial charge is 0.234 e. The molecule has 0 aromatic heterocycles. The van der Waals surface area contributed by atoms with E-state index in [9.17, 15) is 4.79 Å². The molecule has 3 nitrogen and oxygen atoms in total. The molecule has 2 saturated carbocycles. The van der Waals surface area contributed by atoms with Crippen LogP contribution in [0, 0.1) is 5.92 Å². The number of carbonyl (C=O) groups is 1.